The number of nitrogens with one attached hydrogen (secondary N) is 1. The molecule has 0 atom stereocenters. The van der Waals surface area contributed by atoms with Crippen LogP contribution in [0.5, 0.6) is 5.75 Å². The van der Waals surface area contributed by atoms with Gasteiger partial charge in [0.15, 0.2) is 5.75 Å². The molecule has 0 aromatic heterocycles. The molecule has 0 spiro atoms. The molecule has 0 aliphatic rings. The fraction of sp³-hybridized carbons (Fsp3) is 0.571. The summed E-state index contributed by atoms with van der Waals surface area (Å²) in [6, 6.07) is 5.48. The van der Waals surface area contributed by atoms with E-state index in [1.807, 2.05) is 19.9 Å². The molecule has 1 aromatic rings. The monoisotopic (exact) mass is 298 g/mol. The summed E-state index contributed by atoms with van der Waals surface area (Å²) in [6.45, 7) is 7.26. The number of rotatable bonds is 9. The maximum Gasteiger partial charge on any atom is 0.311 e. The Labute approximate surface area is 124 Å². The zero-order valence-corrected chi connectivity index (χ0v) is 13.0. The molecule has 6 heteroatoms. The van der Waals surface area contributed by atoms with E-state index < -0.39 is 0 Å². The number of hydrogen-bond donors (Lipinski definition) is 1. The summed E-state index contributed by atoms with van der Waals surface area (Å²) in [5.74, 6) is 2.20. The molecule has 1 rings (SSSR count). The van der Waals surface area contributed by atoms with Gasteiger partial charge >= 0.3 is 5.69 Å². The van der Waals surface area contributed by atoms with Crippen molar-refractivity contribution < 1.29 is 9.66 Å². The van der Waals surface area contributed by atoms with Crippen LogP contribution in [0.25, 0.3) is 0 Å². The van der Waals surface area contributed by atoms with Crippen LogP contribution in [0.3, 0.4) is 0 Å². The van der Waals surface area contributed by atoms with Crippen LogP contribution in [-0.2, 0) is 6.54 Å². The van der Waals surface area contributed by atoms with Gasteiger partial charge in [-0.05, 0) is 17.4 Å². The molecule has 1 N–H and O–H groups in total. The minimum Gasteiger partial charge on any atom is -0.486 e. The van der Waals surface area contributed by atoms with Gasteiger partial charge in [0.1, 0.15) is 0 Å². The summed E-state index contributed by atoms with van der Waals surface area (Å²) in [5.41, 5.74) is 0.926. The van der Waals surface area contributed by atoms with Crippen molar-refractivity contribution in [2.45, 2.75) is 33.4 Å². The topological polar surface area (TPSA) is 64.4 Å². The molecule has 0 aliphatic carbocycles. The second-order valence-corrected chi connectivity index (χ2v) is 6.03. The van der Waals surface area contributed by atoms with Crippen LogP contribution in [0.2, 0.25) is 0 Å². The molecule has 0 radical (unpaired) electrons. The van der Waals surface area contributed by atoms with Crippen LogP contribution >= 0.6 is 11.8 Å². The van der Waals surface area contributed by atoms with Gasteiger partial charge in [-0.1, -0.05) is 26.8 Å². The fourth-order valence-electron chi connectivity index (χ4n) is 1.61. The van der Waals surface area contributed by atoms with E-state index >= 15 is 0 Å². The molecular weight excluding hydrogens is 276 g/mol. The average molecular weight is 298 g/mol. The second kappa shape index (κ2) is 8.81. The number of ether oxygens (including phenoxy) is 1. The highest BCUT2D eigenvalue weighted by molar-refractivity contribution is 7.99. The lowest BCUT2D eigenvalue weighted by atomic mass is 10.2. The third kappa shape index (κ3) is 5.79. The van der Waals surface area contributed by atoms with Crippen molar-refractivity contribution >= 4 is 17.4 Å². The molecule has 0 unspecified atom stereocenters. The Hall–Kier alpha value is -1.27. The number of nitro groups is 1. The molecule has 1 aromatic carbocycles. The summed E-state index contributed by atoms with van der Waals surface area (Å²) in [7, 11) is 0. The summed E-state index contributed by atoms with van der Waals surface area (Å²) >= 11 is 1.75. The quantitative estimate of drug-likeness (QED) is 0.431. The van der Waals surface area contributed by atoms with E-state index in [0.29, 0.717) is 24.9 Å². The number of hydrogen-bond acceptors (Lipinski definition) is 5. The van der Waals surface area contributed by atoms with Crippen molar-refractivity contribution in [1.82, 2.24) is 5.32 Å². The van der Waals surface area contributed by atoms with Crippen LogP contribution in [0.4, 0.5) is 5.69 Å². The Morgan fingerprint density at radius 3 is 2.80 bits per heavy atom. The van der Waals surface area contributed by atoms with Crippen LogP contribution < -0.4 is 10.1 Å². The van der Waals surface area contributed by atoms with Crippen LogP contribution in [-0.4, -0.2) is 29.1 Å². The van der Waals surface area contributed by atoms with Crippen molar-refractivity contribution in [1.29, 1.82) is 0 Å². The van der Waals surface area contributed by atoms with Gasteiger partial charge in [0.25, 0.3) is 0 Å². The first-order chi connectivity index (χ1) is 9.54. The Balaban J connectivity index is 2.71. The van der Waals surface area contributed by atoms with Crippen LogP contribution in [0, 0.1) is 10.1 Å². The van der Waals surface area contributed by atoms with Gasteiger partial charge in [0.2, 0.25) is 0 Å². The largest absolute Gasteiger partial charge is 0.486 e. The van der Waals surface area contributed by atoms with E-state index in [2.05, 4.69) is 12.2 Å². The number of benzene rings is 1. The van der Waals surface area contributed by atoms with Crippen LogP contribution in [0.1, 0.15) is 26.3 Å². The molecule has 0 saturated heterocycles. The predicted octanol–water partition coefficient (Wildman–Crippen LogP) is 3.22. The highest BCUT2D eigenvalue weighted by atomic mass is 32.2. The zero-order chi connectivity index (χ0) is 15.0. The first-order valence-corrected chi connectivity index (χ1v) is 7.91. The lowest BCUT2D eigenvalue weighted by molar-refractivity contribution is -0.385. The second-order valence-electron chi connectivity index (χ2n) is 4.64. The molecule has 0 bridgehead atoms. The third-order valence-corrected chi connectivity index (χ3v) is 3.49. The Bertz CT molecular complexity index is 438. The van der Waals surface area contributed by atoms with Gasteiger partial charge in [-0.2, -0.15) is 11.8 Å². The van der Waals surface area contributed by atoms with E-state index in [1.165, 1.54) is 0 Å². The van der Waals surface area contributed by atoms with Crippen molar-refractivity contribution in [3.63, 3.8) is 0 Å². The number of thioether (sulfide) groups is 1. The first-order valence-electron chi connectivity index (χ1n) is 6.75. The standard InChI is InChI=1S/C14H22N2O3S/c1-4-20-8-7-19-14-6-5-12(10-15-11(2)3)9-13(14)16(17)18/h5-6,9,11,15H,4,7-8,10H2,1-3H3. The van der Waals surface area contributed by atoms with Crippen LogP contribution in [0.15, 0.2) is 18.2 Å². The highest BCUT2D eigenvalue weighted by Crippen LogP contribution is 2.28. The minimum atomic E-state index is -0.388. The SMILES string of the molecule is CCSCCOc1ccc(CNC(C)C)cc1[N+](=O)[O-]. The average Bonchev–Trinajstić information content (AvgIpc) is 2.41. The predicted molar refractivity (Wildman–Crippen MR) is 83.6 cm³/mol. The Morgan fingerprint density at radius 1 is 1.45 bits per heavy atom. The van der Waals surface area contributed by atoms with E-state index in [9.17, 15) is 10.1 Å². The molecule has 0 saturated carbocycles. The molecule has 0 aliphatic heterocycles. The zero-order valence-electron chi connectivity index (χ0n) is 12.2. The van der Waals surface area contributed by atoms with E-state index in [-0.39, 0.29) is 10.6 Å². The first kappa shape index (κ1) is 16.8. The molecular formula is C14H22N2O3S. The lowest BCUT2D eigenvalue weighted by Crippen LogP contribution is -2.21. The maximum atomic E-state index is 11.1. The van der Waals surface area contributed by atoms with Gasteiger partial charge < -0.3 is 10.1 Å². The van der Waals surface area contributed by atoms with Crippen molar-refractivity contribution in [3.8, 4) is 5.75 Å². The summed E-state index contributed by atoms with van der Waals surface area (Å²) in [6.07, 6.45) is 0. The fourth-order valence-corrected chi connectivity index (χ4v) is 2.10. The molecule has 0 amide bonds. The van der Waals surface area contributed by atoms with Crippen molar-refractivity contribution in [2.75, 3.05) is 18.1 Å². The third-order valence-electron chi connectivity index (χ3n) is 2.62. The van der Waals surface area contributed by atoms with Gasteiger partial charge in [-0.25, -0.2) is 0 Å². The summed E-state index contributed by atoms with van der Waals surface area (Å²) < 4.78 is 5.50. The van der Waals surface area contributed by atoms with Gasteiger partial charge in [0.05, 0.1) is 11.5 Å². The normalized spacial score (nSPS) is 10.8. The maximum absolute atomic E-state index is 11.1. The van der Waals surface area contributed by atoms with E-state index in [1.54, 1.807) is 23.9 Å². The highest BCUT2D eigenvalue weighted by Gasteiger charge is 2.16. The number of nitrogens with zero attached hydrogens (tertiary/aromatic N) is 1. The minimum absolute atomic E-state index is 0.0366. The smallest absolute Gasteiger partial charge is 0.311 e. The van der Waals surface area contributed by atoms with Gasteiger partial charge in [0, 0.05) is 24.4 Å². The van der Waals surface area contributed by atoms with E-state index in [0.717, 1.165) is 17.1 Å². The van der Waals surface area contributed by atoms with Crippen molar-refractivity contribution in [2.24, 2.45) is 0 Å². The summed E-state index contributed by atoms with van der Waals surface area (Å²) in [5, 5.41) is 14.3. The van der Waals surface area contributed by atoms with E-state index in [4.69, 9.17) is 4.74 Å². The molecule has 20 heavy (non-hydrogen) atoms. The van der Waals surface area contributed by atoms with Gasteiger partial charge in [-0.15, -0.1) is 0 Å². The molecule has 5 nitrogen and oxygen atoms in total. The molecule has 0 fully saturated rings. The van der Waals surface area contributed by atoms with Crippen molar-refractivity contribution in [3.05, 3.63) is 33.9 Å². The Morgan fingerprint density at radius 2 is 2.20 bits per heavy atom. The molecule has 112 valence electrons. The summed E-state index contributed by atoms with van der Waals surface area (Å²) in [4.78, 5) is 10.7. The Kier molecular flexibility index (Phi) is 7.40. The lowest BCUT2D eigenvalue weighted by Gasteiger charge is -2.10. The molecule has 0 heterocycles. The number of nitro benzene ring substituents is 1. The van der Waals surface area contributed by atoms with Gasteiger partial charge in [-0.3, -0.25) is 10.1 Å².